The van der Waals surface area contributed by atoms with Crippen LogP contribution in [0, 0.1) is 5.82 Å². The summed E-state index contributed by atoms with van der Waals surface area (Å²) in [5, 5.41) is 0.634. The van der Waals surface area contributed by atoms with Crippen LogP contribution in [0.5, 0.6) is 0 Å². The molecule has 2 aromatic carbocycles. The number of rotatable bonds is 2. The maximum Gasteiger partial charge on any atom is 0.159 e. The molecule has 126 valence electrons. The van der Waals surface area contributed by atoms with E-state index in [-0.39, 0.29) is 5.82 Å². The van der Waals surface area contributed by atoms with Crippen LogP contribution in [0.15, 0.2) is 66.9 Å². The number of imidazole rings is 2. The second-order valence-electron chi connectivity index (χ2n) is 5.97. The predicted molar refractivity (Wildman–Crippen MR) is 101 cm³/mol. The van der Waals surface area contributed by atoms with E-state index in [9.17, 15) is 4.39 Å². The molecule has 5 aromatic rings. The van der Waals surface area contributed by atoms with E-state index in [2.05, 4.69) is 9.97 Å². The summed E-state index contributed by atoms with van der Waals surface area (Å²) in [5.41, 5.74) is 3.58. The number of nitrogens with zero attached hydrogens (tertiary/aromatic N) is 3. The number of H-pyrrole nitrogens is 1. The minimum absolute atomic E-state index is 0.314. The fraction of sp³-hybridized carbons (Fsp3) is 0. The Bertz CT molecular complexity index is 1270. The molecule has 3 aromatic heterocycles. The molecule has 0 bridgehead atoms. The highest BCUT2D eigenvalue weighted by Gasteiger charge is 2.18. The van der Waals surface area contributed by atoms with Crippen molar-refractivity contribution >= 4 is 28.2 Å². The lowest BCUT2D eigenvalue weighted by atomic mass is 10.2. The van der Waals surface area contributed by atoms with Crippen LogP contribution < -0.4 is 0 Å². The molecule has 0 spiro atoms. The molecule has 0 aliphatic heterocycles. The summed E-state index contributed by atoms with van der Waals surface area (Å²) < 4.78 is 16.2. The second-order valence-corrected chi connectivity index (χ2v) is 6.40. The summed E-state index contributed by atoms with van der Waals surface area (Å²) >= 11 is 6.06. The second kappa shape index (κ2) is 5.68. The van der Waals surface area contributed by atoms with E-state index < -0.39 is 0 Å². The molecule has 0 unspecified atom stereocenters. The van der Waals surface area contributed by atoms with E-state index in [1.54, 1.807) is 24.3 Å². The zero-order chi connectivity index (χ0) is 17.7. The quantitative estimate of drug-likeness (QED) is 0.461. The van der Waals surface area contributed by atoms with E-state index >= 15 is 0 Å². The van der Waals surface area contributed by atoms with Gasteiger partial charge in [0.1, 0.15) is 17.3 Å². The van der Waals surface area contributed by atoms with Gasteiger partial charge in [0, 0.05) is 11.2 Å². The number of aromatic nitrogens is 4. The molecule has 26 heavy (non-hydrogen) atoms. The summed E-state index contributed by atoms with van der Waals surface area (Å²) in [5.74, 6) is 0.840. The standard InChI is InChI=1S/C20H12ClFN4/c21-12-8-9-15-16(11-12)24-19(23-15)18-17-7-3-4-10-26(17)20(25-18)13-5-1-2-6-14(13)22/h1-11H,(H,23,24). The van der Waals surface area contributed by atoms with Gasteiger partial charge < -0.3 is 4.98 Å². The first-order chi connectivity index (χ1) is 12.7. The Morgan fingerprint density at radius 1 is 0.962 bits per heavy atom. The SMILES string of the molecule is Fc1ccccc1-c1nc(-c2nc3ccc(Cl)cc3[nH]2)c2ccccn12. The molecule has 4 nitrogen and oxygen atoms in total. The van der Waals surface area contributed by atoms with Crippen LogP contribution >= 0.6 is 11.6 Å². The Kier molecular flexibility index (Phi) is 3.30. The molecule has 0 aliphatic rings. The Morgan fingerprint density at radius 2 is 1.81 bits per heavy atom. The predicted octanol–water partition coefficient (Wildman–Crippen LogP) is 5.34. The smallest absolute Gasteiger partial charge is 0.159 e. The fourth-order valence-electron chi connectivity index (χ4n) is 3.14. The molecule has 6 heteroatoms. The van der Waals surface area contributed by atoms with Gasteiger partial charge in [-0.15, -0.1) is 0 Å². The molecule has 0 fully saturated rings. The van der Waals surface area contributed by atoms with Gasteiger partial charge >= 0.3 is 0 Å². The van der Waals surface area contributed by atoms with Crippen LogP contribution in [0.2, 0.25) is 5.02 Å². The fourth-order valence-corrected chi connectivity index (χ4v) is 3.31. The molecule has 0 atom stereocenters. The van der Waals surface area contributed by atoms with Gasteiger partial charge in [-0.2, -0.15) is 0 Å². The van der Waals surface area contributed by atoms with Crippen molar-refractivity contribution < 1.29 is 4.39 Å². The molecule has 5 rings (SSSR count). The van der Waals surface area contributed by atoms with Gasteiger partial charge in [0.2, 0.25) is 0 Å². The van der Waals surface area contributed by atoms with Crippen molar-refractivity contribution in [2.45, 2.75) is 0 Å². The summed E-state index contributed by atoms with van der Waals surface area (Å²) in [4.78, 5) is 12.6. The van der Waals surface area contributed by atoms with Crippen molar-refractivity contribution in [1.82, 2.24) is 19.4 Å². The van der Waals surface area contributed by atoms with Gasteiger partial charge in [-0.1, -0.05) is 29.8 Å². The normalized spacial score (nSPS) is 11.5. The first-order valence-corrected chi connectivity index (χ1v) is 8.46. The summed E-state index contributed by atoms with van der Waals surface area (Å²) in [6.07, 6.45) is 1.87. The minimum Gasteiger partial charge on any atom is -0.337 e. The average molecular weight is 363 g/mol. The number of hydrogen-bond donors (Lipinski definition) is 1. The van der Waals surface area contributed by atoms with Gasteiger partial charge in [-0.05, 0) is 42.5 Å². The topological polar surface area (TPSA) is 46.0 Å². The minimum atomic E-state index is -0.314. The number of aromatic amines is 1. The zero-order valence-corrected chi connectivity index (χ0v) is 14.2. The van der Waals surface area contributed by atoms with Crippen molar-refractivity contribution in [3.63, 3.8) is 0 Å². The summed E-state index contributed by atoms with van der Waals surface area (Å²) in [7, 11) is 0. The largest absolute Gasteiger partial charge is 0.337 e. The molecule has 0 aliphatic carbocycles. The van der Waals surface area contributed by atoms with E-state index in [0.717, 1.165) is 16.6 Å². The third-order valence-electron chi connectivity index (χ3n) is 4.33. The van der Waals surface area contributed by atoms with Crippen LogP contribution in [0.4, 0.5) is 4.39 Å². The van der Waals surface area contributed by atoms with Gasteiger partial charge in [0.05, 0.1) is 22.1 Å². The molecule has 0 saturated carbocycles. The number of nitrogens with one attached hydrogen (secondary N) is 1. The number of halogens is 2. The van der Waals surface area contributed by atoms with E-state index in [0.29, 0.717) is 27.9 Å². The summed E-state index contributed by atoms with van der Waals surface area (Å²) in [6, 6.07) is 17.8. The van der Waals surface area contributed by atoms with Crippen LogP contribution in [-0.4, -0.2) is 19.4 Å². The highest BCUT2D eigenvalue weighted by molar-refractivity contribution is 6.31. The van der Waals surface area contributed by atoms with Gasteiger partial charge in [0.15, 0.2) is 5.82 Å². The number of pyridine rings is 1. The summed E-state index contributed by atoms with van der Waals surface area (Å²) in [6.45, 7) is 0. The zero-order valence-electron chi connectivity index (χ0n) is 13.4. The van der Waals surface area contributed by atoms with Crippen LogP contribution in [-0.2, 0) is 0 Å². The molecule has 0 amide bonds. The lowest BCUT2D eigenvalue weighted by Crippen LogP contribution is -1.91. The molecule has 0 saturated heterocycles. The van der Waals surface area contributed by atoms with Crippen LogP contribution in [0.1, 0.15) is 0 Å². The van der Waals surface area contributed by atoms with Gasteiger partial charge in [-0.3, -0.25) is 4.40 Å². The van der Waals surface area contributed by atoms with Crippen molar-refractivity contribution in [2.24, 2.45) is 0 Å². The molecule has 3 heterocycles. The number of benzene rings is 2. The first-order valence-electron chi connectivity index (χ1n) is 8.08. The third-order valence-corrected chi connectivity index (χ3v) is 4.57. The van der Waals surface area contributed by atoms with E-state index in [4.69, 9.17) is 16.6 Å². The number of fused-ring (bicyclic) bond motifs is 2. The number of hydrogen-bond acceptors (Lipinski definition) is 2. The maximum absolute atomic E-state index is 14.3. The van der Waals surface area contributed by atoms with Crippen LogP contribution in [0.25, 0.3) is 39.5 Å². The lowest BCUT2D eigenvalue weighted by Gasteiger charge is -2.01. The molecule has 0 radical (unpaired) electrons. The highest BCUT2D eigenvalue weighted by atomic mass is 35.5. The van der Waals surface area contributed by atoms with Crippen molar-refractivity contribution in [3.8, 4) is 22.9 Å². The third kappa shape index (κ3) is 2.29. The average Bonchev–Trinajstić information content (AvgIpc) is 3.23. The Balaban J connectivity index is 1.79. The Morgan fingerprint density at radius 3 is 2.69 bits per heavy atom. The van der Waals surface area contributed by atoms with Gasteiger partial charge in [0.25, 0.3) is 0 Å². The van der Waals surface area contributed by atoms with E-state index in [1.807, 2.05) is 40.9 Å². The Labute approximate surface area is 152 Å². The van der Waals surface area contributed by atoms with Crippen LogP contribution in [0.3, 0.4) is 0 Å². The first kappa shape index (κ1) is 15.1. The Hall–Kier alpha value is -3.18. The molecular weight excluding hydrogens is 351 g/mol. The van der Waals surface area contributed by atoms with Crippen molar-refractivity contribution in [3.05, 3.63) is 77.7 Å². The molecule has 1 N–H and O–H groups in total. The highest BCUT2D eigenvalue weighted by Crippen LogP contribution is 2.30. The monoisotopic (exact) mass is 362 g/mol. The maximum atomic E-state index is 14.3. The van der Waals surface area contributed by atoms with Crippen molar-refractivity contribution in [2.75, 3.05) is 0 Å². The molecular formula is C20H12ClFN4. The van der Waals surface area contributed by atoms with Gasteiger partial charge in [-0.25, -0.2) is 14.4 Å². The lowest BCUT2D eigenvalue weighted by molar-refractivity contribution is 0.630. The van der Waals surface area contributed by atoms with E-state index in [1.165, 1.54) is 6.07 Å². The van der Waals surface area contributed by atoms with Crippen molar-refractivity contribution in [1.29, 1.82) is 0 Å².